The van der Waals surface area contributed by atoms with Crippen LogP contribution in [0.3, 0.4) is 0 Å². The maximum Gasteiger partial charge on any atom is 0.337 e. The Balaban J connectivity index is 2.18. The molecule has 1 heterocycles. The maximum atomic E-state index is 12.9. The number of benzene rings is 2. The van der Waals surface area contributed by atoms with Crippen LogP contribution in [-0.4, -0.2) is 39.5 Å². The summed E-state index contributed by atoms with van der Waals surface area (Å²) in [5.41, 5.74) is 3.82. The van der Waals surface area contributed by atoms with Crippen LogP contribution in [0.4, 0.5) is 5.69 Å². The molecule has 1 aliphatic rings. The molecule has 0 unspecified atom stereocenters. The highest BCUT2D eigenvalue weighted by Crippen LogP contribution is 2.42. The largest absolute Gasteiger partial charge is 0.493 e. The standard InChI is InChI=1S/C23H26N2O5S/c1-13-7-9-16(10-8-13)25-14(2)19(22(26)30-6)20(24-23(25)31)15-11-17(27-3)21(29-5)18(12-15)28-4/h7-12,20H,1-6H3,(H,24,31)/t20-/m0/s1. The number of carbonyl (C=O) groups is 1. The van der Waals surface area contributed by atoms with Gasteiger partial charge in [-0.15, -0.1) is 0 Å². The summed E-state index contributed by atoms with van der Waals surface area (Å²) in [6.45, 7) is 3.86. The summed E-state index contributed by atoms with van der Waals surface area (Å²) in [4.78, 5) is 14.7. The molecular formula is C23H26N2O5S. The van der Waals surface area contributed by atoms with Gasteiger partial charge in [-0.3, -0.25) is 4.90 Å². The Morgan fingerprint density at radius 2 is 1.55 bits per heavy atom. The van der Waals surface area contributed by atoms with E-state index in [2.05, 4.69) is 5.32 Å². The van der Waals surface area contributed by atoms with Gasteiger partial charge in [0.05, 0.1) is 40.1 Å². The van der Waals surface area contributed by atoms with Gasteiger partial charge in [-0.25, -0.2) is 4.79 Å². The Morgan fingerprint density at radius 1 is 0.968 bits per heavy atom. The van der Waals surface area contributed by atoms with Crippen LogP contribution in [0.5, 0.6) is 17.2 Å². The van der Waals surface area contributed by atoms with Crippen molar-refractivity contribution in [3.63, 3.8) is 0 Å². The van der Waals surface area contributed by atoms with Crippen LogP contribution in [0.2, 0.25) is 0 Å². The molecule has 3 rings (SSSR count). The third kappa shape index (κ3) is 4.16. The van der Waals surface area contributed by atoms with Gasteiger partial charge >= 0.3 is 5.97 Å². The minimum atomic E-state index is -0.560. The van der Waals surface area contributed by atoms with E-state index >= 15 is 0 Å². The molecule has 0 bridgehead atoms. The second-order valence-electron chi connectivity index (χ2n) is 7.00. The van der Waals surface area contributed by atoms with E-state index < -0.39 is 12.0 Å². The molecular weight excluding hydrogens is 416 g/mol. The van der Waals surface area contributed by atoms with Gasteiger partial charge in [0.25, 0.3) is 0 Å². The van der Waals surface area contributed by atoms with Crippen molar-refractivity contribution in [2.45, 2.75) is 19.9 Å². The Hall–Kier alpha value is -3.26. The normalized spacial score (nSPS) is 16.0. The van der Waals surface area contributed by atoms with Crippen molar-refractivity contribution in [2.24, 2.45) is 0 Å². The van der Waals surface area contributed by atoms with Crippen LogP contribution in [0.1, 0.15) is 24.1 Å². The fraction of sp³-hybridized carbons (Fsp3) is 0.304. The first kappa shape index (κ1) is 22.4. The topological polar surface area (TPSA) is 69.3 Å². The number of anilines is 1. The number of carbonyl (C=O) groups excluding carboxylic acids is 1. The Labute approximate surface area is 187 Å². The number of aryl methyl sites for hydroxylation is 1. The van der Waals surface area contributed by atoms with Crippen LogP contribution in [-0.2, 0) is 9.53 Å². The lowest BCUT2D eigenvalue weighted by Gasteiger charge is -2.37. The molecule has 0 fully saturated rings. The van der Waals surface area contributed by atoms with Crippen LogP contribution in [0.15, 0.2) is 47.7 Å². The van der Waals surface area contributed by atoms with Crippen molar-refractivity contribution in [1.29, 1.82) is 0 Å². The highest BCUT2D eigenvalue weighted by atomic mass is 32.1. The quantitative estimate of drug-likeness (QED) is 0.534. The lowest BCUT2D eigenvalue weighted by molar-refractivity contribution is -0.136. The van der Waals surface area contributed by atoms with Gasteiger partial charge in [-0.2, -0.15) is 0 Å². The molecule has 2 aromatic carbocycles. The fourth-order valence-electron chi connectivity index (χ4n) is 3.64. The van der Waals surface area contributed by atoms with E-state index in [0.29, 0.717) is 33.6 Å². The summed E-state index contributed by atoms with van der Waals surface area (Å²) >= 11 is 5.68. The highest BCUT2D eigenvalue weighted by molar-refractivity contribution is 7.80. The van der Waals surface area contributed by atoms with Crippen LogP contribution in [0, 0.1) is 6.92 Å². The third-order valence-electron chi connectivity index (χ3n) is 5.20. The second-order valence-corrected chi connectivity index (χ2v) is 7.39. The molecule has 0 aliphatic carbocycles. The Morgan fingerprint density at radius 3 is 2.03 bits per heavy atom. The smallest absolute Gasteiger partial charge is 0.337 e. The number of nitrogens with one attached hydrogen (secondary N) is 1. The number of nitrogens with zero attached hydrogens (tertiary/aromatic N) is 1. The molecule has 8 heteroatoms. The molecule has 1 atom stereocenters. The van der Waals surface area contributed by atoms with Gasteiger partial charge < -0.3 is 24.3 Å². The van der Waals surface area contributed by atoms with E-state index in [9.17, 15) is 4.79 Å². The zero-order chi connectivity index (χ0) is 22.7. The molecule has 7 nitrogen and oxygen atoms in total. The van der Waals surface area contributed by atoms with Crippen molar-refractivity contribution in [1.82, 2.24) is 5.32 Å². The van der Waals surface area contributed by atoms with Gasteiger partial charge in [0.1, 0.15) is 0 Å². The predicted molar refractivity (Wildman–Crippen MR) is 123 cm³/mol. The number of esters is 1. The Kier molecular flexibility index (Phi) is 6.70. The maximum absolute atomic E-state index is 12.9. The SMILES string of the molecule is COC(=O)C1=C(C)N(c2ccc(C)cc2)C(=S)N[C@H]1c1cc(OC)c(OC)c(OC)c1. The van der Waals surface area contributed by atoms with Crippen LogP contribution in [0.25, 0.3) is 0 Å². The summed E-state index contributed by atoms with van der Waals surface area (Å²) in [5.74, 6) is 0.969. The van der Waals surface area contributed by atoms with Crippen molar-refractivity contribution >= 4 is 29.0 Å². The minimum absolute atomic E-state index is 0.436. The number of allylic oxidation sites excluding steroid dienone is 1. The fourth-order valence-corrected chi connectivity index (χ4v) is 4.00. The molecule has 164 valence electrons. The molecule has 0 saturated carbocycles. The summed E-state index contributed by atoms with van der Waals surface area (Å²) in [6, 6.07) is 10.9. The van der Waals surface area contributed by atoms with E-state index in [4.69, 9.17) is 31.2 Å². The molecule has 0 spiro atoms. The molecule has 1 N–H and O–H groups in total. The van der Waals surface area contributed by atoms with E-state index in [1.165, 1.54) is 14.2 Å². The van der Waals surface area contributed by atoms with E-state index in [0.717, 1.165) is 16.8 Å². The van der Waals surface area contributed by atoms with Gasteiger partial charge in [0, 0.05) is 11.4 Å². The predicted octanol–water partition coefficient (Wildman–Crippen LogP) is 3.90. The zero-order valence-corrected chi connectivity index (χ0v) is 19.3. The van der Waals surface area contributed by atoms with E-state index in [1.807, 2.05) is 43.0 Å². The lowest BCUT2D eigenvalue weighted by atomic mass is 9.94. The lowest BCUT2D eigenvalue weighted by Crippen LogP contribution is -2.48. The monoisotopic (exact) mass is 442 g/mol. The first-order valence-electron chi connectivity index (χ1n) is 9.62. The van der Waals surface area contributed by atoms with Gasteiger partial charge in [-0.05, 0) is 55.9 Å². The number of methoxy groups -OCH3 is 4. The zero-order valence-electron chi connectivity index (χ0n) is 18.4. The summed E-state index contributed by atoms with van der Waals surface area (Å²) in [5, 5.41) is 3.74. The average molecular weight is 443 g/mol. The molecule has 2 aromatic rings. The Bertz CT molecular complexity index is 1010. The number of hydrogen-bond acceptors (Lipinski definition) is 6. The number of hydrogen-bond donors (Lipinski definition) is 1. The number of rotatable bonds is 6. The van der Waals surface area contributed by atoms with Crippen LogP contribution < -0.4 is 24.4 Å². The number of thiocarbonyl (C=S) groups is 1. The van der Waals surface area contributed by atoms with Gasteiger partial charge in [0.15, 0.2) is 16.6 Å². The van der Waals surface area contributed by atoms with Crippen molar-refractivity contribution in [3.05, 3.63) is 58.8 Å². The molecule has 0 radical (unpaired) electrons. The molecule has 31 heavy (non-hydrogen) atoms. The summed E-state index contributed by atoms with van der Waals surface area (Å²) < 4.78 is 21.5. The number of ether oxygens (including phenoxy) is 4. The summed E-state index contributed by atoms with van der Waals surface area (Å²) in [7, 11) is 5.98. The van der Waals surface area contributed by atoms with Crippen LogP contribution >= 0.6 is 12.2 Å². The molecule has 0 amide bonds. The van der Waals surface area contributed by atoms with Crippen molar-refractivity contribution in [2.75, 3.05) is 33.3 Å². The van der Waals surface area contributed by atoms with E-state index in [-0.39, 0.29) is 0 Å². The molecule has 0 aromatic heterocycles. The van der Waals surface area contributed by atoms with Crippen molar-refractivity contribution < 1.29 is 23.7 Å². The third-order valence-corrected chi connectivity index (χ3v) is 5.50. The first-order valence-corrected chi connectivity index (χ1v) is 10.0. The van der Waals surface area contributed by atoms with Gasteiger partial charge in [0.2, 0.25) is 5.75 Å². The van der Waals surface area contributed by atoms with Crippen molar-refractivity contribution in [3.8, 4) is 17.2 Å². The van der Waals surface area contributed by atoms with Gasteiger partial charge in [-0.1, -0.05) is 17.7 Å². The highest BCUT2D eigenvalue weighted by Gasteiger charge is 2.36. The van der Waals surface area contributed by atoms with E-state index in [1.54, 1.807) is 26.4 Å². The molecule has 1 aliphatic heterocycles. The summed E-state index contributed by atoms with van der Waals surface area (Å²) in [6.07, 6.45) is 0. The molecule has 0 saturated heterocycles. The minimum Gasteiger partial charge on any atom is -0.493 e. The first-order chi connectivity index (χ1) is 14.9. The second kappa shape index (κ2) is 9.26. The average Bonchev–Trinajstić information content (AvgIpc) is 2.78.